The molecule has 0 radical (unpaired) electrons. The van der Waals surface area contributed by atoms with Crippen LogP contribution in [0.15, 0.2) is 55.0 Å². The summed E-state index contributed by atoms with van der Waals surface area (Å²) in [7, 11) is 0. The highest BCUT2D eigenvalue weighted by atomic mass is 16.6. The Labute approximate surface area is 182 Å². The molecular weight excluding hydrogens is 414 g/mol. The lowest BCUT2D eigenvalue weighted by atomic mass is 10.1. The number of nitrogens with zero attached hydrogens (tertiary/aromatic N) is 4. The zero-order chi connectivity index (χ0) is 23.0. The number of carboxylic acids is 1. The molecule has 0 saturated carbocycles. The van der Waals surface area contributed by atoms with Crippen molar-refractivity contribution in [3.63, 3.8) is 0 Å². The average Bonchev–Trinajstić information content (AvgIpc) is 3.15. The molecule has 0 fully saturated rings. The first-order chi connectivity index (χ1) is 15.3. The summed E-state index contributed by atoms with van der Waals surface area (Å²) in [5, 5.41) is 21.0. The number of carboxylic acid groups (broad SMARTS) is 1. The molecule has 2 heterocycles. The minimum Gasteiger partial charge on any atom is -0.477 e. The molecule has 10 heteroatoms. The first-order valence-electron chi connectivity index (χ1n) is 9.67. The predicted molar refractivity (Wildman–Crippen MR) is 118 cm³/mol. The van der Waals surface area contributed by atoms with Crippen LogP contribution >= 0.6 is 0 Å². The lowest BCUT2D eigenvalue weighted by molar-refractivity contribution is -0.385. The summed E-state index contributed by atoms with van der Waals surface area (Å²) < 4.78 is 7.73. The number of nitrogen functional groups attached to an aromatic ring is 1. The summed E-state index contributed by atoms with van der Waals surface area (Å²) in [6, 6.07) is 10.9. The van der Waals surface area contributed by atoms with E-state index in [-0.39, 0.29) is 11.8 Å². The second-order valence-corrected chi connectivity index (χ2v) is 7.37. The Kier molecular flexibility index (Phi) is 5.19. The van der Waals surface area contributed by atoms with Gasteiger partial charge in [-0.3, -0.25) is 10.1 Å². The lowest BCUT2D eigenvalue weighted by Crippen LogP contribution is -2.02. The van der Waals surface area contributed by atoms with E-state index in [4.69, 9.17) is 10.5 Å². The predicted octanol–water partition coefficient (Wildman–Crippen LogP) is 4.66. The van der Waals surface area contributed by atoms with Gasteiger partial charge in [0, 0.05) is 29.9 Å². The number of aromatic carboxylic acids is 1. The smallest absolute Gasteiger partial charge is 0.342 e. The van der Waals surface area contributed by atoms with Gasteiger partial charge >= 0.3 is 5.97 Å². The van der Waals surface area contributed by atoms with Crippen molar-refractivity contribution in [2.45, 2.75) is 19.9 Å². The molecule has 0 saturated heterocycles. The van der Waals surface area contributed by atoms with Gasteiger partial charge in [0.25, 0.3) is 5.69 Å². The van der Waals surface area contributed by atoms with Crippen LogP contribution in [0, 0.1) is 10.1 Å². The summed E-state index contributed by atoms with van der Waals surface area (Å²) in [5.41, 5.74) is 7.68. The van der Waals surface area contributed by atoms with Crippen LogP contribution in [-0.4, -0.2) is 30.5 Å². The van der Waals surface area contributed by atoms with Crippen LogP contribution in [0.4, 0.5) is 11.5 Å². The Balaban J connectivity index is 1.67. The minimum absolute atomic E-state index is 0.175. The van der Waals surface area contributed by atoms with E-state index in [0.717, 1.165) is 34.3 Å². The van der Waals surface area contributed by atoms with Gasteiger partial charge in [-0.25, -0.2) is 14.8 Å². The number of nitrogens with two attached hydrogens (primary N) is 1. The van der Waals surface area contributed by atoms with Gasteiger partial charge in [-0.2, -0.15) is 0 Å². The van der Waals surface area contributed by atoms with Crippen LogP contribution in [0.3, 0.4) is 0 Å². The van der Waals surface area contributed by atoms with Gasteiger partial charge in [0.05, 0.1) is 10.3 Å². The molecule has 0 aliphatic heterocycles. The van der Waals surface area contributed by atoms with Crippen LogP contribution in [0.1, 0.15) is 30.2 Å². The molecule has 4 rings (SSSR count). The normalized spacial score (nSPS) is 11.1. The molecule has 0 spiro atoms. The number of hydrogen-bond acceptors (Lipinski definition) is 7. The van der Waals surface area contributed by atoms with Gasteiger partial charge < -0.3 is 20.1 Å². The van der Waals surface area contributed by atoms with Crippen molar-refractivity contribution in [2.24, 2.45) is 0 Å². The van der Waals surface area contributed by atoms with E-state index in [9.17, 15) is 20.0 Å². The third-order valence-corrected chi connectivity index (χ3v) is 4.99. The van der Waals surface area contributed by atoms with E-state index in [2.05, 4.69) is 9.97 Å². The first kappa shape index (κ1) is 20.8. The molecule has 0 atom stereocenters. The Morgan fingerprint density at radius 3 is 2.47 bits per heavy atom. The molecule has 0 aliphatic rings. The van der Waals surface area contributed by atoms with E-state index in [0.29, 0.717) is 11.6 Å². The first-order valence-corrected chi connectivity index (χ1v) is 9.67. The summed E-state index contributed by atoms with van der Waals surface area (Å²) in [4.78, 5) is 30.1. The van der Waals surface area contributed by atoms with Gasteiger partial charge in [0.15, 0.2) is 0 Å². The van der Waals surface area contributed by atoms with Gasteiger partial charge in [-0.1, -0.05) is 12.1 Å². The molecule has 0 amide bonds. The number of ether oxygens (including phenoxy) is 1. The standard InChI is InChI=1S/C22H19N5O5/c1-12(2)26-10-17(19-20(23)24-11-25-21(19)26)13-3-5-14(6-4-13)32-15-7-8-18(27(30)31)16(9-15)22(28)29/h3-12H,1-2H3,(H,28,29)(H2,23,24,25). The SMILES string of the molecule is CC(C)n1cc(-c2ccc(Oc3ccc([N+](=O)[O-])c(C(=O)O)c3)cc2)c2c(N)ncnc21. The molecule has 2 aromatic heterocycles. The van der Waals surface area contributed by atoms with Crippen LogP contribution in [0.5, 0.6) is 11.5 Å². The number of anilines is 1. The van der Waals surface area contributed by atoms with E-state index in [1.54, 1.807) is 12.1 Å². The second-order valence-electron chi connectivity index (χ2n) is 7.37. The zero-order valence-corrected chi connectivity index (χ0v) is 17.2. The highest BCUT2D eigenvalue weighted by Crippen LogP contribution is 2.35. The number of nitro benzene ring substituents is 1. The van der Waals surface area contributed by atoms with Crippen LogP contribution in [-0.2, 0) is 0 Å². The van der Waals surface area contributed by atoms with Crippen molar-refractivity contribution in [3.05, 3.63) is 70.7 Å². The Bertz CT molecular complexity index is 1350. The number of rotatable bonds is 6. The number of carbonyl (C=O) groups is 1. The molecule has 3 N–H and O–H groups in total. The molecule has 0 bridgehead atoms. The van der Waals surface area contributed by atoms with Gasteiger partial charge in [0.1, 0.15) is 34.9 Å². The van der Waals surface area contributed by atoms with Gasteiger partial charge in [-0.15, -0.1) is 0 Å². The van der Waals surface area contributed by atoms with E-state index < -0.39 is 22.1 Å². The number of fused-ring (bicyclic) bond motifs is 1. The number of aromatic nitrogens is 3. The van der Waals surface area contributed by atoms with Crippen LogP contribution < -0.4 is 10.5 Å². The number of benzene rings is 2. The van der Waals surface area contributed by atoms with Crippen molar-refractivity contribution < 1.29 is 19.6 Å². The zero-order valence-electron chi connectivity index (χ0n) is 17.2. The highest BCUT2D eigenvalue weighted by molar-refractivity contribution is 6.00. The second kappa shape index (κ2) is 7.99. The maximum Gasteiger partial charge on any atom is 0.342 e. The Morgan fingerprint density at radius 1 is 1.16 bits per heavy atom. The Morgan fingerprint density at radius 2 is 1.84 bits per heavy atom. The molecule has 32 heavy (non-hydrogen) atoms. The van der Waals surface area contributed by atoms with Crippen molar-refractivity contribution in [1.82, 2.24) is 14.5 Å². The van der Waals surface area contributed by atoms with Gasteiger partial charge in [0.2, 0.25) is 0 Å². The van der Waals surface area contributed by atoms with E-state index >= 15 is 0 Å². The molecule has 0 aliphatic carbocycles. The third-order valence-electron chi connectivity index (χ3n) is 4.99. The fourth-order valence-electron chi connectivity index (χ4n) is 3.47. The quantitative estimate of drug-likeness (QED) is 0.330. The van der Waals surface area contributed by atoms with Crippen LogP contribution in [0.2, 0.25) is 0 Å². The summed E-state index contributed by atoms with van der Waals surface area (Å²) in [6.07, 6.45) is 3.42. The summed E-state index contributed by atoms with van der Waals surface area (Å²) >= 11 is 0. The fraction of sp³-hybridized carbons (Fsp3) is 0.136. The maximum absolute atomic E-state index is 11.3. The molecule has 10 nitrogen and oxygen atoms in total. The molecular formula is C22H19N5O5. The molecule has 162 valence electrons. The summed E-state index contributed by atoms with van der Waals surface area (Å²) in [5.74, 6) is -0.402. The van der Waals surface area contributed by atoms with Gasteiger partial charge in [-0.05, 0) is 37.6 Å². The van der Waals surface area contributed by atoms with Crippen molar-refractivity contribution in [2.75, 3.05) is 5.73 Å². The van der Waals surface area contributed by atoms with Crippen LogP contribution in [0.25, 0.3) is 22.2 Å². The van der Waals surface area contributed by atoms with E-state index in [1.807, 2.05) is 36.7 Å². The fourth-order valence-corrected chi connectivity index (χ4v) is 3.47. The molecule has 4 aromatic rings. The average molecular weight is 433 g/mol. The summed E-state index contributed by atoms with van der Waals surface area (Å²) in [6.45, 7) is 4.10. The number of nitro groups is 1. The van der Waals surface area contributed by atoms with E-state index in [1.165, 1.54) is 12.4 Å². The lowest BCUT2D eigenvalue weighted by Gasteiger charge is -2.08. The monoisotopic (exact) mass is 433 g/mol. The van der Waals surface area contributed by atoms with Crippen molar-refractivity contribution >= 4 is 28.5 Å². The maximum atomic E-state index is 11.3. The number of hydrogen-bond donors (Lipinski definition) is 2. The highest BCUT2D eigenvalue weighted by Gasteiger charge is 2.21. The third kappa shape index (κ3) is 3.69. The minimum atomic E-state index is -1.40. The Hall–Kier alpha value is -4.47. The van der Waals surface area contributed by atoms with Crippen molar-refractivity contribution in [1.29, 1.82) is 0 Å². The molecule has 2 aromatic carbocycles. The largest absolute Gasteiger partial charge is 0.477 e. The van der Waals surface area contributed by atoms with Crippen molar-refractivity contribution in [3.8, 4) is 22.6 Å². The molecule has 0 unspecified atom stereocenters. The topological polar surface area (TPSA) is 146 Å².